The van der Waals surface area contributed by atoms with Crippen LogP contribution in [-0.2, 0) is 24.0 Å². The number of carbonyl (C=O) groups excluding carboxylic acids is 3. The number of carboxylic acid groups (broad SMARTS) is 1. The number of carbonyl (C=O) groups is 4. The number of amides is 3. The zero-order valence-corrected chi connectivity index (χ0v) is 23.3. The molecule has 1 aromatic carbocycles. The lowest BCUT2D eigenvalue weighted by Gasteiger charge is -2.49. The highest BCUT2D eigenvalue weighted by atomic mass is 32.2. The highest BCUT2D eigenvalue weighted by molar-refractivity contribution is 8.00. The van der Waals surface area contributed by atoms with Crippen molar-refractivity contribution in [1.82, 2.24) is 20.5 Å². The Morgan fingerprint density at radius 2 is 1.95 bits per heavy atom. The molecule has 1 aliphatic carbocycles. The second-order valence-corrected chi connectivity index (χ2v) is 11.9. The molecule has 2 saturated heterocycles. The van der Waals surface area contributed by atoms with E-state index < -0.39 is 29.2 Å². The number of aromatic nitrogens is 1. The summed E-state index contributed by atoms with van der Waals surface area (Å²) in [7, 11) is 0. The first-order valence-corrected chi connectivity index (χ1v) is 15.0. The van der Waals surface area contributed by atoms with Crippen molar-refractivity contribution in [3.8, 4) is 0 Å². The lowest BCUT2D eigenvalue weighted by Crippen LogP contribution is -2.71. The van der Waals surface area contributed by atoms with Crippen LogP contribution in [0.1, 0.15) is 36.9 Å². The fraction of sp³-hybridized carbons (Fsp3) is 0.333. The van der Waals surface area contributed by atoms with Crippen LogP contribution in [0.5, 0.6) is 0 Å². The number of anilines is 1. The number of rotatable bonds is 8. The molecule has 5 N–H and O–H groups in total. The molecule has 0 radical (unpaired) electrons. The predicted octanol–water partition coefficient (Wildman–Crippen LogP) is 1.71. The Hall–Kier alpha value is -4.17. The number of carboxylic acids is 1. The van der Waals surface area contributed by atoms with Gasteiger partial charge in [-0.05, 0) is 36.8 Å². The summed E-state index contributed by atoms with van der Waals surface area (Å²) in [4.78, 5) is 62.7. The van der Waals surface area contributed by atoms with Gasteiger partial charge in [-0.2, -0.15) is 0 Å². The summed E-state index contributed by atoms with van der Waals surface area (Å²) in [6.45, 7) is 0.298. The van der Waals surface area contributed by atoms with Crippen LogP contribution in [0.4, 0.5) is 5.13 Å². The van der Waals surface area contributed by atoms with Crippen molar-refractivity contribution in [2.75, 3.05) is 18.0 Å². The van der Waals surface area contributed by atoms with Crippen molar-refractivity contribution in [3.05, 3.63) is 63.8 Å². The number of nitrogens with two attached hydrogens (primary N) is 1. The van der Waals surface area contributed by atoms with Gasteiger partial charge in [-0.1, -0.05) is 35.5 Å². The Balaban J connectivity index is 1.28. The van der Waals surface area contributed by atoms with Crippen molar-refractivity contribution in [2.45, 2.75) is 43.2 Å². The minimum atomic E-state index is -1.29. The van der Waals surface area contributed by atoms with Crippen molar-refractivity contribution in [3.63, 3.8) is 0 Å². The van der Waals surface area contributed by atoms with E-state index in [0.717, 1.165) is 37.0 Å². The van der Waals surface area contributed by atoms with Gasteiger partial charge < -0.3 is 26.3 Å². The number of aliphatic carboxylic acids is 1. The monoisotopic (exact) mass is 594 g/mol. The molecule has 0 spiro atoms. The Kier molecular flexibility index (Phi) is 7.26. The number of nitrogens with zero attached hydrogens (tertiary/aromatic N) is 3. The molecular formula is C27H26N6O6S2. The SMILES string of the molecule is Nc1nc(C(=NOC2CCCC2)C(=O)N[C@@H]2C(=O)N3C(C(=O)O)=C(C(=C4CNC4=O)c4ccccc4)CS[C@H]23)cs1. The van der Waals surface area contributed by atoms with Gasteiger partial charge in [0, 0.05) is 28.8 Å². The molecule has 3 aliphatic heterocycles. The van der Waals surface area contributed by atoms with Gasteiger partial charge in [0.25, 0.3) is 11.8 Å². The third kappa shape index (κ3) is 4.97. The van der Waals surface area contributed by atoms with E-state index in [2.05, 4.69) is 20.8 Å². The van der Waals surface area contributed by atoms with E-state index in [4.69, 9.17) is 10.6 Å². The molecule has 4 aliphatic rings. The topological polar surface area (TPSA) is 176 Å². The van der Waals surface area contributed by atoms with Crippen LogP contribution in [0.15, 0.2) is 57.7 Å². The molecule has 6 rings (SSSR count). The molecule has 3 fully saturated rings. The number of fused-ring (bicyclic) bond motifs is 1. The Morgan fingerprint density at radius 3 is 2.56 bits per heavy atom. The Morgan fingerprint density at radius 1 is 1.20 bits per heavy atom. The maximum absolute atomic E-state index is 13.4. The maximum atomic E-state index is 13.4. The number of hydrogen-bond donors (Lipinski definition) is 4. The average molecular weight is 595 g/mol. The lowest BCUT2D eigenvalue weighted by atomic mass is 9.88. The van der Waals surface area contributed by atoms with Crippen LogP contribution < -0.4 is 16.4 Å². The first-order chi connectivity index (χ1) is 19.8. The normalized spacial score (nSPS) is 23.8. The summed E-state index contributed by atoms with van der Waals surface area (Å²) >= 11 is 2.46. The van der Waals surface area contributed by atoms with Crippen LogP contribution in [-0.4, -0.2) is 74.2 Å². The average Bonchev–Trinajstić information content (AvgIpc) is 3.65. The van der Waals surface area contributed by atoms with E-state index in [1.165, 1.54) is 16.7 Å². The van der Waals surface area contributed by atoms with E-state index in [9.17, 15) is 24.3 Å². The molecule has 2 atom stereocenters. The standard InChI is InChI=1S/C27H26N6O6S2/c28-27-30-17(12-41-27)19(32-39-14-8-4-5-9-14)23(35)31-20-24(36)33-21(26(37)38)16(11-40-25(20)33)18(15-10-29-22(15)34)13-6-2-1-3-7-13/h1-3,6-7,12,14,20,25H,4-5,8-11H2,(H2,28,30)(H,29,34)(H,31,35)(H,37,38)/t20-,25-/m1/s1. The number of nitrogen functional groups attached to an aromatic ring is 1. The summed E-state index contributed by atoms with van der Waals surface area (Å²) in [5.41, 5.74) is 7.77. The number of β-lactam (4-membered cyclic amide) rings is 2. The molecule has 1 aromatic heterocycles. The molecule has 212 valence electrons. The highest BCUT2D eigenvalue weighted by Gasteiger charge is 2.55. The fourth-order valence-electron chi connectivity index (χ4n) is 5.33. The minimum Gasteiger partial charge on any atom is -0.477 e. The van der Waals surface area contributed by atoms with E-state index >= 15 is 0 Å². The Labute approximate surface area is 242 Å². The van der Waals surface area contributed by atoms with Gasteiger partial charge in [0.05, 0.1) is 0 Å². The first-order valence-electron chi connectivity index (χ1n) is 13.1. The fourth-order valence-corrected chi connectivity index (χ4v) is 7.23. The molecule has 3 amide bonds. The summed E-state index contributed by atoms with van der Waals surface area (Å²) in [5, 5.41) is 20.9. The predicted molar refractivity (Wildman–Crippen MR) is 152 cm³/mol. The van der Waals surface area contributed by atoms with Crippen LogP contribution in [0.2, 0.25) is 0 Å². The summed E-state index contributed by atoms with van der Waals surface area (Å²) in [5.74, 6) is -2.59. The largest absolute Gasteiger partial charge is 0.477 e. The van der Waals surface area contributed by atoms with Crippen molar-refractivity contribution in [2.24, 2.45) is 5.16 Å². The summed E-state index contributed by atoms with van der Waals surface area (Å²) in [6.07, 6.45) is 3.61. The van der Waals surface area contributed by atoms with Gasteiger partial charge in [0.2, 0.25) is 5.91 Å². The maximum Gasteiger partial charge on any atom is 0.352 e. The molecule has 1 saturated carbocycles. The van der Waals surface area contributed by atoms with Gasteiger partial charge in [0.1, 0.15) is 28.9 Å². The van der Waals surface area contributed by atoms with Gasteiger partial charge in [0.15, 0.2) is 10.8 Å². The van der Waals surface area contributed by atoms with Crippen molar-refractivity contribution >= 4 is 63.2 Å². The molecule has 12 nitrogen and oxygen atoms in total. The summed E-state index contributed by atoms with van der Waals surface area (Å²) in [6, 6.07) is 8.05. The van der Waals surface area contributed by atoms with Gasteiger partial charge in [-0.25, -0.2) is 9.78 Å². The smallest absolute Gasteiger partial charge is 0.352 e. The molecule has 0 unspecified atom stereocenters. The minimum absolute atomic E-state index is 0.0984. The number of thioether (sulfide) groups is 1. The van der Waals surface area contributed by atoms with Gasteiger partial charge in [-0.3, -0.25) is 19.3 Å². The molecule has 4 heterocycles. The number of thiazole rings is 1. The first kappa shape index (κ1) is 27.0. The number of hydrogen-bond acceptors (Lipinski definition) is 10. The van der Waals surface area contributed by atoms with Gasteiger partial charge >= 0.3 is 5.97 Å². The molecule has 41 heavy (non-hydrogen) atoms. The van der Waals surface area contributed by atoms with Crippen LogP contribution >= 0.6 is 23.1 Å². The highest BCUT2D eigenvalue weighted by Crippen LogP contribution is 2.45. The van der Waals surface area contributed by atoms with Crippen LogP contribution in [0, 0.1) is 0 Å². The third-order valence-corrected chi connectivity index (χ3v) is 9.35. The van der Waals surface area contributed by atoms with E-state index in [1.54, 1.807) is 29.6 Å². The molecule has 2 aromatic rings. The van der Waals surface area contributed by atoms with Crippen LogP contribution in [0.3, 0.4) is 0 Å². The van der Waals surface area contributed by atoms with E-state index in [1.807, 2.05) is 6.07 Å². The second kappa shape index (κ2) is 11.0. The molecular weight excluding hydrogens is 568 g/mol. The van der Waals surface area contributed by atoms with Crippen LogP contribution in [0.25, 0.3) is 5.57 Å². The second-order valence-electron chi connectivity index (χ2n) is 9.92. The number of allylic oxidation sites excluding steroid dienone is 1. The zero-order valence-electron chi connectivity index (χ0n) is 21.7. The number of nitrogens with one attached hydrogen (secondary N) is 2. The number of oxime groups is 1. The van der Waals surface area contributed by atoms with Gasteiger partial charge in [-0.15, -0.1) is 23.1 Å². The van der Waals surface area contributed by atoms with E-state index in [-0.39, 0.29) is 40.0 Å². The molecule has 0 bridgehead atoms. The van der Waals surface area contributed by atoms with E-state index in [0.29, 0.717) is 28.8 Å². The quantitative estimate of drug-likeness (QED) is 0.153. The van der Waals surface area contributed by atoms with Crippen molar-refractivity contribution < 1.29 is 29.1 Å². The summed E-state index contributed by atoms with van der Waals surface area (Å²) < 4.78 is 0. The van der Waals surface area contributed by atoms with Crippen molar-refractivity contribution in [1.29, 1.82) is 0 Å². The zero-order chi connectivity index (χ0) is 28.7. The third-order valence-electron chi connectivity index (χ3n) is 7.40. The lowest BCUT2D eigenvalue weighted by molar-refractivity contribution is -0.150. The Bertz CT molecular complexity index is 1530. The number of benzene rings is 1. The molecule has 14 heteroatoms.